The van der Waals surface area contributed by atoms with Gasteiger partial charge in [0.2, 0.25) is 15.9 Å². The van der Waals surface area contributed by atoms with Crippen LogP contribution in [0.1, 0.15) is 26.7 Å². The summed E-state index contributed by atoms with van der Waals surface area (Å²) in [6, 6.07) is 3.42. The Morgan fingerprint density at radius 1 is 1.36 bits per heavy atom. The van der Waals surface area contributed by atoms with Gasteiger partial charge in [-0.05, 0) is 37.0 Å². The number of nitrogens with zero attached hydrogens (tertiary/aromatic N) is 1. The minimum absolute atomic E-state index is 0.0333. The average Bonchev–Trinajstić information content (AvgIpc) is 2.59. The molecule has 1 amide bonds. The van der Waals surface area contributed by atoms with E-state index in [1.807, 2.05) is 13.8 Å². The van der Waals surface area contributed by atoms with Crippen LogP contribution in [0.5, 0.6) is 5.75 Å². The van der Waals surface area contributed by atoms with E-state index in [4.69, 9.17) is 4.74 Å². The molecule has 1 fully saturated rings. The first-order valence-corrected chi connectivity index (χ1v) is 9.81. The van der Waals surface area contributed by atoms with Gasteiger partial charge in [0, 0.05) is 25.6 Å². The molecule has 140 valence electrons. The monoisotopic (exact) mass is 372 g/mol. The molecule has 0 aliphatic carbocycles. The molecule has 0 unspecified atom stereocenters. The van der Waals surface area contributed by atoms with Gasteiger partial charge in [0.05, 0.1) is 7.11 Å². The van der Waals surface area contributed by atoms with E-state index in [9.17, 15) is 17.6 Å². The standard InChI is InChI=1S/C17H25FN2O4S/c1-12(2)11-19-17(21)13-6-8-20(9-7-13)25(22,23)16-10-14(18)4-5-15(16)24-3/h4-5,10,12-13H,6-9,11H2,1-3H3,(H,19,21). The van der Waals surface area contributed by atoms with Crippen molar-refractivity contribution >= 4 is 15.9 Å². The fourth-order valence-electron chi connectivity index (χ4n) is 2.80. The Morgan fingerprint density at radius 3 is 2.56 bits per heavy atom. The quantitative estimate of drug-likeness (QED) is 0.829. The predicted octanol–water partition coefficient (Wildman–Crippen LogP) is 2.01. The SMILES string of the molecule is COc1ccc(F)cc1S(=O)(=O)N1CCC(C(=O)NCC(C)C)CC1. The van der Waals surface area contributed by atoms with E-state index >= 15 is 0 Å². The normalized spacial score (nSPS) is 16.8. The zero-order valence-corrected chi connectivity index (χ0v) is 15.6. The molecule has 1 N–H and O–H groups in total. The third-order valence-corrected chi connectivity index (χ3v) is 6.17. The smallest absolute Gasteiger partial charge is 0.246 e. The van der Waals surface area contributed by atoms with Crippen molar-refractivity contribution < 1.29 is 22.3 Å². The molecule has 0 aromatic heterocycles. The van der Waals surface area contributed by atoms with Crippen LogP contribution >= 0.6 is 0 Å². The number of benzene rings is 1. The van der Waals surface area contributed by atoms with Gasteiger partial charge in [-0.3, -0.25) is 4.79 Å². The number of carbonyl (C=O) groups is 1. The molecule has 0 atom stereocenters. The summed E-state index contributed by atoms with van der Waals surface area (Å²) in [6.07, 6.45) is 0.890. The zero-order chi connectivity index (χ0) is 18.6. The molecule has 1 aliphatic rings. The minimum Gasteiger partial charge on any atom is -0.495 e. The molecule has 0 saturated carbocycles. The third kappa shape index (κ3) is 4.70. The summed E-state index contributed by atoms with van der Waals surface area (Å²) < 4.78 is 45.4. The molecule has 1 aliphatic heterocycles. The Bertz CT molecular complexity index is 713. The molecule has 25 heavy (non-hydrogen) atoms. The summed E-state index contributed by atoms with van der Waals surface area (Å²) in [4.78, 5) is 11.9. The number of hydrogen-bond donors (Lipinski definition) is 1. The van der Waals surface area contributed by atoms with Gasteiger partial charge in [-0.15, -0.1) is 0 Å². The van der Waals surface area contributed by atoms with Crippen molar-refractivity contribution in [1.29, 1.82) is 0 Å². The first-order chi connectivity index (χ1) is 11.8. The van der Waals surface area contributed by atoms with Gasteiger partial charge in [-0.2, -0.15) is 4.31 Å². The predicted molar refractivity (Wildman–Crippen MR) is 92.3 cm³/mol. The molecular weight excluding hydrogens is 347 g/mol. The minimum atomic E-state index is -3.87. The Hall–Kier alpha value is -1.67. The number of carbonyl (C=O) groups excluding carboxylic acids is 1. The molecule has 1 saturated heterocycles. The summed E-state index contributed by atoms with van der Waals surface area (Å²) in [6.45, 7) is 5.09. The fourth-order valence-corrected chi connectivity index (χ4v) is 4.44. The van der Waals surface area contributed by atoms with Crippen molar-refractivity contribution in [2.75, 3.05) is 26.7 Å². The van der Waals surface area contributed by atoms with Gasteiger partial charge < -0.3 is 10.1 Å². The van der Waals surface area contributed by atoms with E-state index in [2.05, 4.69) is 5.32 Å². The Labute approximate surface area is 148 Å². The van der Waals surface area contributed by atoms with Crippen LogP contribution in [-0.2, 0) is 14.8 Å². The van der Waals surface area contributed by atoms with Gasteiger partial charge in [0.1, 0.15) is 16.5 Å². The van der Waals surface area contributed by atoms with E-state index in [0.717, 1.165) is 12.1 Å². The molecule has 0 spiro atoms. The number of hydrogen-bond acceptors (Lipinski definition) is 4. The number of methoxy groups -OCH3 is 1. The fraction of sp³-hybridized carbons (Fsp3) is 0.588. The van der Waals surface area contributed by atoms with E-state index < -0.39 is 15.8 Å². The number of amides is 1. The van der Waals surface area contributed by atoms with Crippen molar-refractivity contribution in [1.82, 2.24) is 9.62 Å². The maximum Gasteiger partial charge on any atom is 0.246 e. The van der Waals surface area contributed by atoms with Crippen LogP contribution in [0.4, 0.5) is 4.39 Å². The largest absolute Gasteiger partial charge is 0.495 e. The summed E-state index contributed by atoms with van der Waals surface area (Å²) >= 11 is 0. The number of nitrogens with one attached hydrogen (secondary N) is 1. The number of rotatable bonds is 6. The van der Waals surface area contributed by atoms with E-state index in [1.165, 1.54) is 17.5 Å². The van der Waals surface area contributed by atoms with Gasteiger partial charge in [0.15, 0.2) is 0 Å². The van der Waals surface area contributed by atoms with Crippen LogP contribution in [0.2, 0.25) is 0 Å². The lowest BCUT2D eigenvalue weighted by molar-refractivity contribution is -0.126. The van der Waals surface area contributed by atoms with Crippen molar-refractivity contribution in [3.8, 4) is 5.75 Å². The second-order valence-corrected chi connectivity index (χ2v) is 8.52. The Morgan fingerprint density at radius 2 is 2.00 bits per heavy atom. The van der Waals surface area contributed by atoms with Crippen LogP contribution < -0.4 is 10.1 Å². The maximum absolute atomic E-state index is 13.5. The lowest BCUT2D eigenvalue weighted by Gasteiger charge is -2.31. The molecular formula is C17H25FN2O4S. The number of sulfonamides is 1. The highest BCUT2D eigenvalue weighted by molar-refractivity contribution is 7.89. The van der Waals surface area contributed by atoms with Crippen LogP contribution in [0.15, 0.2) is 23.1 Å². The molecule has 1 aromatic carbocycles. The van der Waals surface area contributed by atoms with Gasteiger partial charge >= 0.3 is 0 Å². The van der Waals surface area contributed by atoms with Gasteiger partial charge in [-0.1, -0.05) is 13.8 Å². The number of halogens is 1. The highest BCUT2D eigenvalue weighted by atomic mass is 32.2. The van der Waals surface area contributed by atoms with E-state index in [1.54, 1.807) is 0 Å². The van der Waals surface area contributed by atoms with Crippen molar-refractivity contribution in [3.63, 3.8) is 0 Å². The topological polar surface area (TPSA) is 75.7 Å². The van der Waals surface area contributed by atoms with Gasteiger partial charge in [0.25, 0.3) is 0 Å². The van der Waals surface area contributed by atoms with Gasteiger partial charge in [-0.25, -0.2) is 12.8 Å². The molecule has 8 heteroatoms. The van der Waals surface area contributed by atoms with Crippen molar-refractivity contribution in [3.05, 3.63) is 24.0 Å². The lowest BCUT2D eigenvalue weighted by Crippen LogP contribution is -2.43. The molecule has 2 rings (SSSR count). The molecule has 1 aromatic rings. The molecule has 6 nitrogen and oxygen atoms in total. The van der Waals surface area contributed by atoms with Crippen LogP contribution in [0.25, 0.3) is 0 Å². The Balaban J connectivity index is 2.07. The van der Waals surface area contributed by atoms with Crippen LogP contribution in [-0.4, -0.2) is 45.4 Å². The summed E-state index contributed by atoms with van der Waals surface area (Å²) in [5, 5.41) is 2.89. The average molecular weight is 372 g/mol. The second kappa shape index (κ2) is 8.14. The maximum atomic E-state index is 13.5. The molecule has 0 radical (unpaired) electrons. The number of ether oxygens (including phenoxy) is 1. The first kappa shape index (κ1) is 19.7. The zero-order valence-electron chi connectivity index (χ0n) is 14.8. The molecule has 1 heterocycles. The summed E-state index contributed by atoms with van der Waals surface area (Å²) in [5.41, 5.74) is 0. The highest BCUT2D eigenvalue weighted by Gasteiger charge is 2.33. The van der Waals surface area contributed by atoms with Crippen LogP contribution in [0.3, 0.4) is 0 Å². The first-order valence-electron chi connectivity index (χ1n) is 8.37. The van der Waals surface area contributed by atoms with E-state index in [0.29, 0.717) is 25.3 Å². The van der Waals surface area contributed by atoms with Crippen LogP contribution in [0, 0.1) is 17.7 Å². The Kier molecular flexibility index (Phi) is 6.40. The third-order valence-electron chi connectivity index (χ3n) is 4.25. The summed E-state index contributed by atoms with van der Waals surface area (Å²) in [5.74, 6) is -0.390. The van der Waals surface area contributed by atoms with Crippen molar-refractivity contribution in [2.24, 2.45) is 11.8 Å². The highest BCUT2D eigenvalue weighted by Crippen LogP contribution is 2.30. The second-order valence-electron chi connectivity index (χ2n) is 6.61. The summed E-state index contributed by atoms with van der Waals surface area (Å²) in [7, 11) is -2.52. The van der Waals surface area contributed by atoms with E-state index in [-0.39, 0.29) is 35.6 Å². The van der Waals surface area contributed by atoms with Crippen molar-refractivity contribution in [2.45, 2.75) is 31.6 Å². The number of piperidine rings is 1. The molecule has 0 bridgehead atoms. The lowest BCUT2D eigenvalue weighted by atomic mass is 9.97.